The fourth-order valence-corrected chi connectivity index (χ4v) is 2.60. The monoisotopic (exact) mass is 329 g/mol. The first-order valence-corrected chi connectivity index (χ1v) is 8.21. The molecule has 1 aromatic carbocycles. The van der Waals surface area contributed by atoms with E-state index in [4.69, 9.17) is 5.73 Å². The minimum absolute atomic E-state index is 0.111. The van der Waals surface area contributed by atoms with E-state index in [-0.39, 0.29) is 11.9 Å². The first-order chi connectivity index (χ1) is 11.4. The Balaban J connectivity index is 1.94. The molecular formula is C18H27N5O. The van der Waals surface area contributed by atoms with Crippen molar-refractivity contribution in [3.63, 3.8) is 0 Å². The molecule has 2 rings (SSSR count). The molecule has 1 amide bonds. The summed E-state index contributed by atoms with van der Waals surface area (Å²) in [4.78, 5) is 12.4. The van der Waals surface area contributed by atoms with Gasteiger partial charge < -0.3 is 16.4 Å². The third-order valence-electron chi connectivity index (χ3n) is 4.14. The molecule has 2 aromatic rings. The number of nitrogens with one attached hydrogen (secondary N) is 2. The molecule has 6 nitrogen and oxygen atoms in total. The van der Waals surface area contributed by atoms with Crippen molar-refractivity contribution in [2.24, 2.45) is 12.8 Å². The van der Waals surface area contributed by atoms with Gasteiger partial charge in [-0.25, -0.2) is 0 Å². The van der Waals surface area contributed by atoms with Crippen LogP contribution in [0.15, 0.2) is 36.7 Å². The van der Waals surface area contributed by atoms with Gasteiger partial charge in [-0.1, -0.05) is 38.1 Å². The molecule has 1 heterocycles. The van der Waals surface area contributed by atoms with E-state index >= 15 is 0 Å². The summed E-state index contributed by atoms with van der Waals surface area (Å²) in [5.74, 6) is 0.380. The first kappa shape index (κ1) is 18.2. The third kappa shape index (κ3) is 4.43. The molecule has 0 fully saturated rings. The zero-order valence-electron chi connectivity index (χ0n) is 14.8. The summed E-state index contributed by atoms with van der Waals surface area (Å²) in [7, 11) is 3.58. The van der Waals surface area contributed by atoms with Gasteiger partial charge in [0.25, 0.3) is 0 Å². The van der Waals surface area contributed by atoms with E-state index in [1.807, 2.05) is 25.4 Å². The molecular weight excluding hydrogens is 302 g/mol. The van der Waals surface area contributed by atoms with Crippen LogP contribution in [0.3, 0.4) is 0 Å². The number of hydrogen-bond acceptors (Lipinski definition) is 4. The molecule has 2 unspecified atom stereocenters. The molecule has 1 aromatic heterocycles. The van der Waals surface area contributed by atoms with Crippen LogP contribution in [0.1, 0.15) is 48.5 Å². The van der Waals surface area contributed by atoms with E-state index in [2.05, 4.69) is 41.7 Å². The molecule has 0 bridgehead atoms. The molecule has 0 radical (unpaired) electrons. The molecule has 0 aliphatic rings. The van der Waals surface area contributed by atoms with Crippen LogP contribution < -0.4 is 16.4 Å². The van der Waals surface area contributed by atoms with E-state index in [0.717, 1.165) is 11.1 Å². The van der Waals surface area contributed by atoms with Crippen LogP contribution in [-0.2, 0) is 11.8 Å². The van der Waals surface area contributed by atoms with Crippen molar-refractivity contribution in [3.05, 3.63) is 53.3 Å². The number of hydrogen-bond donors (Lipinski definition) is 3. The lowest BCUT2D eigenvalue weighted by molar-refractivity contribution is -0.123. The Morgan fingerprint density at radius 3 is 2.33 bits per heavy atom. The number of nitrogens with zero attached hydrogens (tertiary/aromatic N) is 2. The predicted molar refractivity (Wildman–Crippen MR) is 95.5 cm³/mol. The second-order valence-electron chi connectivity index (χ2n) is 6.34. The van der Waals surface area contributed by atoms with Gasteiger partial charge in [-0.3, -0.25) is 9.48 Å². The van der Waals surface area contributed by atoms with E-state index in [1.165, 1.54) is 5.56 Å². The summed E-state index contributed by atoms with van der Waals surface area (Å²) in [5.41, 5.74) is 9.32. The molecule has 0 spiro atoms. The van der Waals surface area contributed by atoms with Crippen molar-refractivity contribution in [1.82, 2.24) is 20.4 Å². The fourth-order valence-electron chi connectivity index (χ4n) is 2.60. The average Bonchev–Trinajstić information content (AvgIpc) is 2.99. The van der Waals surface area contributed by atoms with Gasteiger partial charge >= 0.3 is 0 Å². The Morgan fingerprint density at radius 2 is 1.83 bits per heavy atom. The minimum atomic E-state index is -0.436. The Morgan fingerprint density at radius 1 is 1.21 bits per heavy atom. The standard InChI is InChI=1S/C18H27N5O/c1-12(2)13-5-7-14(8-6-13)16(19)10-21-18(24)17(20-3)15-9-22-23(4)11-15/h5-9,11-12,16-17,20H,10,19H2,1-4H3,(H,21,24). The molecule has 130 valence electrons. The van der Waals surface area contributed by atoms with Gasteiger partial charge in [-0.15, -0.1) is 0 Å². The van der Waals surface area contributed by atoms with Crippen molar-refractivity contribution < 1.29 is 4.79 Å². The number of aromatic nitrogens is 2. The average molecular weight is 329 g/mol. The highest BCUT2D eigenvalue weighted by molar-refractivity contribution is 5.83. The molecule has 0 saturated carbocycles. The second kappa shape index (κ2) is 8.08. The van der Waals surface area contributed by atoms with Crippen LogP contribution in [0.4, 0.5) is 0 Å². The number of benzene rings is 1. The smallest absolute Gasteiger partial charge is 0.241 e. The largest absolute Gasteiger partial charge is 0.353 e. The number of likely N-dealkylation sites (N-methyl/N-ethyl adjacent to an activating group) is 1. The molecule has 6 heteroatoms. The predicted octanol–water partition coefficient (Wildman–Crippen LogP) is 1.62. The van der Waals surface area contributed by atoms with Crippen molar-refractivity contribution in [3.8, 4) is 0 Å². The number of nitrogens with two attached hydrogens (primary N) is 1. The lowest BCUT2D eigenvalue weighted by Crippen LogP contribution is -2.39. The summed E-state index contributed by atoms with van der Waals surface area (Å²) in [6.07, 6.45) is 3.51. The highest BCUT2D eigenvalue weighted by Gasteiger charge is 2.20. The topological polar surface area (TPSA) is 85.0 Å². The Bertz CT molecular complexity index is 662. The first-order valence-electron chi connectivity index (χ1n) is 8.21. The maximum atomic E-state index is 12.4. The van der Waals surface area contributed by atoms with Gasteiger partial charge in [0.2, 0.25) is 5.91 Å². The number of carbonyl (C=O) groups is 1. The van der Waals surface area contributed by atoms with Crippen LogP contribution in [0.2, 0.25) is 0 Å². The second-order valence-corrected chi connectivity index (χ2v) is 6.34. The lowest BCUT2D eigenvalue weighted by Gasteiger charge is -2.18. The van der Waals surface area contributed by atoms with Gasteiger partial charge in [0.05, 0.1) is 6.20 Å². The number of aryl methyl sites for hydroxylation is 1. The van der Waals surface area contributed by atoms with Crippen LogP contribution in [-0.4, -0.2) is 29.3 Å². The fraction of sp³-hybridized carbons (Fsp3) is 0.444. The van der Waals surface area contributed by atoms with E-state index in [1.54, 1.807) is 17.9 Å². The molecule has 2 atom stereocenters. The minimum Gasteiger partial charge on any atom is -0.353 e. The van der Waals surface area contributed by atoms with Crippen LogP contribution in [0.5, 0.6) is 0 Å². The number of carbonyl (C=O) groups excluding carboxylic acids is 1. The summed E-state index contributed by atoms with van der Waals surface area (Å²) < 4.78 is 1.68. The van der Waals surface area contributed by atoms with E-state index < -0.39 is 6.04 Å². The van der Waals surface area contributed by atoms with Crippen molar-refractivity contribution in [1.29, 1.82) is 0 Å². The molecule has 4 N–H and O–H groups in total. The quantitative estimate of drug-likeness (QED) is 0.720. The Labute approximate surface area is 143 Å². The zero-order chi connectivity index (χ0) is 17.7. The third-order valence-corrected chi connectivity index (χ3v) is 4.14. The van der Waals surface area contributed by atoms with E-state index in [0.29, 0.717) is 12.5 Å². The molecule has 0 saturated heterocycles. The normalized spacial score (nSPS) is 13.8. The maximum Gasteiger partial charge on any atom is 0.241 e. The summed E-state index contributed by atoms with van der Waals surface area (Å²) in [6, 6.07) is 7.57. The van der Waals surface area contributed by atoms with Gasteiger partial charge in [-0.05, 0) is 24.1 Å². The SMILES string of the molecule is CNC(C(=O)NCC(N)c1ccc(C(C)C)cc1)c1cnn(C)c1. The Kier molecular flexibility index (Phi) is 6.11. The maximum absolute atomic E-state index is 12.4. The molecule has 0 aliphatic carbocycles. The van der Waals surface area contributed by atoms with E-state index in [9.17, 15) is 4.79 Å². The highest BCUT2D eigenvalue weighted by atomic mass is 16.2. The summed E-state index contributed by atoms with van der Waals surface area (Å²) in [6.45, 7) is 4.70. The molecule has 24 heavy (non-hydrogen) atoms. The van der Waals surface area contributed by atoms with Crippen LogP contribution >= 0.6 is 0 Å². The van der Waals surface area contributed by atoms with Crippen LogP contribution in [0.25, 0.3) is 0 Å². The number of amides is 1. The summed E-state index contributed by atoms with van der Waals surface area (Å²) >= 11 is 0. The van der Waals surface area contributed by atoms with Crippen molar-refractivity contribution in [2.75, 3.05) is 13.6 Å². The Hall–Kier alpha value is -2.18. The number of rotatable bonds is 7. The van der Waals surface area contributed by atoms with Crippen molar-refractivity contribution in [2.45, 2.75) is 31.8 Å². The van der Waals surface area contributed by atoms with Gasteiger partial charge in [0, 0.05) is 31.4 Å². The summed E-state index contributed by atoms with van der Waals surface area (Å²) in [5, 5.41) is 10.0. The van der Waals surface area contributed by atoms with Gasteiger partial charge in [-0.2, -0.15) is 5.10 Å². The van der Waals surface area contributed by atoms with Crippen LogP contribution in [0, 0.1) is 0 Å². The van der Waals surface area contributed by atoms with Crippen molar-refractivity contribution >= 4 is 5.91 Å². The zero-order valence-corrected chi connectivity index (χ0v) is 14.8. The van der Waals surface area contributed by atoms with Gasteiger partial charge in [0.15, 0.2) is 0 Å². The highest BCUT2D eigenvalue weighted by Crippen LogP contribution is 2.18. The molecule has 0 aliphatic heterocycles. The lowest BCUT2D eigenvalue weighted by atomic mass is 9.99. The van der Waals surface area contributed by atoms with Gasteiger partial charge in [0.1, 0.15) is 6.04 Å².